The minimum absolute atomic E-state index is 0.0636. The Kier molecular flexibility index (Phi) is 6.83. The largest absolute Gasteiger partial charge is 0.459 e. The fourth-order valence-corrected chi connectivity index (χ4v) is 4.52. The molecule has 0 fully saturated rings. The number of carbonyl (C=O) groups is 1. The number of hydrogen-bond donors (Lipinski definition) is 0. The Labute approximate surface area is 188 Å². The molecule has 4 rings (SSSR count). The van der Waals surface area contributed by atoms with Crippen molar-refractivity contribution in [3.05, 3.63) is 70.2 Å². The molecule has 9 heteroatoms. The first-order chi connectivity index (χ1) is 15.1. The molecule has 1 amide bonds. The van der Waals surface area contributed by atoms with Gasteiger partial charge in [-0.2, -0.15) is 0 Å². The van der Waals surface area contributed by atoms with Crippen LogP contribution < -0.4 is 0 Å². The number of aryl methyl sites for hydroxylation is 1. The lowest BCUT2D eigenvalue weighted by Gasteiger charge is -2.20. The Morgan fingerprint density at radius 1 is 1.19 bits per heavy atom. The number of rotatable bonds is 9. The van der Waals surface area contributed by atoms with E-state index in [9.17, 15) is 4.79 Å². The molecule has 4 aromatic rings. The van der Waals surface area contributed by atoms with Crippen molar-refractivity contribution in [2.75, 3.05) is 6.54 Å². The summed E-state index contributed by atoms with van der Waals surface area (Å²) in [6.45, 7) is 4.88. The van der Waals surface area contributed by atoms with Gasteiger partial charge in [-0.3, -0.25) is 4.79 Å². The maximum absolute atomic E-state index is 13.1. The van der Waals surface area contributed by atoms with Crippen LogP contribution in [-0.2, 0) is 12.3 Å². The fourth-order valence-electron chi connectivity index (χ4n) is 3.01. The van der Waals surface area contributed by atoms with E-state index in [2.05, 4.69) is 20.6 Å². The highest BCUT2D eigenvalue weighted by atomic mass is 32.2. The lowest BCUT2D eigenvalue weighted by atomic mass is 10.2. The zero-order valence-electron chi connectivity index (χ0n) is 17.3. The molecule has 3 aromatic heterocycles. The SMILES string of the molecule is CCCN(Cc1nnc(-c2ccco2)o1)C(=O)c1ccc(SCc2csc(C)n2)cc1. The molecule has 0 bridgehead atoms. The molecule has 0 aliphatic carbocycles. The van der Waals surface area contributed by atoms with Crippen LogP contribution in [0.5, 0.6) is 0 Å². The third kappa shape index (κ3) is 5.42. The smallest absolute Gasteiger partial charge is 0.283 e. The first kappa shape index (κ1) is 21.3. The van der Waals surface area contributed by atoms with Crippen molar-refractivity contribution in [3.8, 4) is 11.7 Å². The molecule has 0 spiro atoms. The molecule has 31 heavy (non-hydrogen) atoms. The summed E-state index contributed by atoms with van der Waals surface area (Å²) in [5.74, 6) is 1.94. The second-order valence-electron chi connectivity index (χ2n) is 6.88. The van der Waals surface area contributed by atoms with Gasteiger partial charge in [0.15, 0.2) is 5.76 Å². The van der Waals surface area contributed by atoms with Crippen LogP contribution in [0.3, 0.4) is 0 Å². The molecular formula is C22H22N4O3S2. The number of aromatic nitrogens is 3. The number of nitrogens with zero attached hydrogens (tertiary/aromatic N) is 4. The molecule has 0 unspecified atom stereocenters. The Morgan fingerprint density at radius 3 is 2.71 bits per heavy atom. The molecular weight excluding hydrogens is 432 g/mol. The Morgan fingerprint density at radius 2 is 2.03 bits per heavy atom. The van der Waals surface area contributed by atoms with E-state index in [0.29, 0.717) is 29.6 Å². The van der Waals surface area contributed by atoms with Gasteiger partial charge in [0.2, 0.25) is 5.89 Å². The van der Waals surface area contributed by atoms with E-state index >= 15 is 0 Å². The average molecular weight is 455 g/mol. The summed E-state index contributed by atoms with van der Waals surface area (Å²) in [6, 6.07) is 11.2. The zero-order valence-corrected chi connectivity index (χ0v) is 18.9. The second-order valence-corrected chi connectivity index (χ2v) is 8.99. The number of benzene rings is 1. The Bertz CT molecular complexity index is 1120. The van der Waals surface area contributed by atoms with Gasteiger partial charge in [0, 0.05) is 28.1 Å². The summed E-state index contributed by atoms with van der Waals surface area (Å²) >= 11 is 3.36. The fraction of sp³-hybridized carbons (Fsp3) is 0.273. The van der Waals surface area contributed by atoms with Crippen LogP contribution in [0.2, 0.25) is 0 Å². The monoisotopic (exact) mass is 454 g/mol. The van der Waals surface area contributed by atoms with E-state index in [-0.39, 0.29) is 12.5 Å². The van der Waals surface area contributed by atoms with Gasteiger partial charge in [-0.15, -0.1) is 33.3 Å². The molecule has 0 saturated heterocycles. The van der Waals surface area contributed by atoms with Gasteiger partial charge in [-0.1, -0.05) is 6.92 Å². The lowest BCUT2D eigenvalue weighted by Crippen LogP contribution is -2.31. The predicted molar refractivity (Wildman–Crippen MR) is 120 cm³/mol. The zero-order chi connectivity index (χ0) is 21.6. The van der Waals surface area contributed by atoms with Gasteiger partial charge < -0.3 is 13.7 Å². The standard InChI is InChI=1S/C22H22N4O3S2/c1-3-10-26(12-20-24-25-21(29-20)19-5-4-11-28-19)22(27)16-6-8-18(9-7-16)31-14-17-13-30-15(2)23-17/h4-9,11,13H,3,10,12,14H2,1-2H3. The normalized spacial score (nSPS) is 11.0. The topological polar surface area (TPSA) is 85.3 Å². The van der Waals surface area contributed by atoms with Gasteiger partial charge in [0.05, 0.1) is 23.5 Å². The molecule has 0 saturated carbocycles. The van der Waals surface area contributed by atoms with Crippen LogP contribution in [0.15, 0.2) is 61.8 Å². The van der Waals surface area contributed by atoms with Gasteiger partial charge >= 0.3 is 0 Å². The highest BCUT2D eigenvalue weighted by Gasteiger charge is 2.19. The molecule has 3 heterocycles. The third-order valence-corrected chi connectivity index (χ3v) is 6.33. The van der Waals surface area contributed by atoms with Crippen molar-refractivity contribution in [1.29, 1.82) is 0 Å². The van der Waals surface area contributed by atoms with Gasteiger partial charge in [0.1, 0.15) is 0 Å². The maximum atomic E-state index is 13.1. The van der Waals surface area contributed by atoms with Crippen LogP contribution in [0.25, 0.3) is 11.7 Å². The summed E-state index contributed by atoms with van der Waals surface area (Å²) in [6.07, 6.45) is 2.37. The van der Waals surface area contributed by atoms with Crippen molar-refractivity contribution in [2.45, 2.75) is 37.5 Å². The average Bonchev–Trinajstić information content (AvgIpc) is 3.54. The van der Waals surface area contributed by atoms with Crippen LogP contribution in [0.1, 0.15) is 40.3 Å². The van der Waals surface area contributed by atoms with E-state index < -0.39 is 0 Å². The van der Waals surface area contributed by atoms with Gasteiger partial charge in [0.25, 0.3) is 11.8 Å². The van der Waals surface area contributed by atoms with E-state index in [4.69, 9.17) is 8.83 Å². The molecule has 0 N–H and O–H groups in total. The highest BCUT2D eigenvalue weighted by Crippen LogP contribution is 2.24. The van der Waals surface area contributed by atoms with E-state index in [1.165, 1.54) is 0 Å². The van der Waals surface area contributed by atoms with Crippen LogP contribution >= 0.6 is 23.1 Å². The minimum Gasteiger partial charge on any atom is -0.459 e. The van der Waals surface area contributed by atoms with Gasteiger partial charge in [-0.05, 0) is 49.7 Å². The molecule has 0 aliphatic heterocycles. The van der Waals surface area contributed by atoms with Crippen molar-refractivity contribution in [3.63, 3.8) is 0 Å². The van der Waals surface area contributed by atoms with E-state index in [0.717, 1.165) is 27.8 Å². The number of hydrogen-bond acceptors (Lipinski definition) is 8. The quantitative estimate of drug-likeness (QED) is 0.311. The first-order valence-corrected chi connectivity index (χ1v) is 11.8. The maximum Gasteiger partial charge on any atom is 0.283 e. The molecule has 7 nitrogen and oxygen atoms in total. The number of amides is 1. The number of carbonyl (C=O) groups excluding carboxylic acids is 1. The van der Waals surface area contributed by atoms with Gasteiger partial charge in [-0.25, -0.2) is 4.98 Å². The first-order valence-electron chi connectivity index (χ1n) is 9.91. The van der Waals surface area contributed by atoms with Crippen molar-refractivity contribution in [1.82, 2.24) is 20.1 Å². The molecule has 0 atom stereocenters. The van der Waals surface area contributed by atoms with Crippen molar-refractivity contribution >= 4 is 29.0 Å². The summed E-state index contributed by atoms with van der Waals surface area (Å²) in [5, 5.41) is 11.2. The highest BCUT2D eigenvalue weighted by molar-refractivity contribution is 7.98. The summed E-state index contributed by atoms with van der Waals surface area (Å²) in [4.78, 5) is 20.4. The van der Waals surface area contributed by atoms with E-state index in [1.807, 2.05) is 38.1 Å². The molecule has 0 aliphatic rings. The van der Waals surface area contributed by atoms with Crippen molar-refractivity contribution in [2.24, 2.45) is 0 Å². The lowest BCUT2D eigenvalue weighted by molar-refractivity contribution is 0.0728. The number of furan rings is 1. The minimum atomic E-state index is -0.0636. The summed E-state index contributed by atoms with van der Waals surface area (Å²) in [7, 11) is 0. The third-order valence-electron chi connectivity index (χ3n) is 4.46. The van der Waals surface area contributed by atoms with E-state index in [1.54, 1.807) is 46.4 Å². The Balaban J connectivity index is 1.40. The number of thiazole rings is 1. The Hall–Kier alpha value is -2.91. The van der Waals surface area contributed by atoms with Crippen molar-refractivity contribution < 1.29 is 13.6 Å². The molecule has 160 valence electrons. The molecule has 1 aromatic carbocycles. The number of thioether (sulfide) groups is 1. The summed E-state index contributed by atoms with van der Waals surface area (Å²) < 4.78 is 10.9. The predicted octanol–water partition coefficient (Wildman–Crippen LogP) is 5.44. The summed E-state index contributed by atoms with van der Waals surface area (Å²) in [5.41, 5.74) is 1.71. The van der Waals surface area contributed by atoms with Crippen LogP contribution in [0, 0.1) is 6.92 Å². The van der Waals surface area contributed by atoms with Crippen LogP contribution in [-0.4, -0.2) is 32.5 Å². The van der Waals surface area contributed by atoms with Crippen LogP contribution in [0.4, 0.5) is 0 Å². The molecule has 0 radical (unpaired) electrons. The second kappa shape index (κ2) is 9.93.